The van der Waals surface area contributed by atoms with Crippen LogP contribution in [-0.4, -0.2) is 12.5 Å². The topological polar surface area (TPSA) is 38.3 Å². The van der Waals surface area contributed by atoms with Gasteiger partial charge in [0.15, 0.2) is 0 Å². The molecular formula is C25H25F4NO2. The van der Waals surface area contributed by atoms with Gasteiger partial charge >= 0.3 is 6.18 Å². The highest BCUT2D eigenvalue weighted by Crippen LogP contribution is 2.51. The van der Waals surface area contributed by atoms with E-state index in [1.54, 1.807) is 12.1 Å². The molecule has 2 atom stereocenters. The second kappa shape index (κ2) is 7.49. The molecule has 1 N–H and O–H groups in total. The van der Waals surface area contributed by atoms with Gasteiger partial charge in [0.05, 0.1) is 18.2 Å². The molecule has 3 nitrogen and oxygen atoms in total. The number of benzene rings is 2. The third-order valence-electron chi connectivity index (χ3n) is 7.72. The Balaban J connectivity index is 1.22. The second-order valence-electron chi connectivity index (χ2n) is 9.51. The highest BCUT2D eigenvalue weighted by atomic mass is 19.4. The van der Waals surface area contributed by atoms with E-state index in [2.05, 4.69) is 5.32 Å². The first-order valence-electron chi connectivity index (χ1n) is 11.1. The third-order valence-corrected chi connectivity index (χ3v) is 7.72. The highest BCUT2D eigenvalue weighted by Gasteiger charge is 2.46. The van der Waals surface area contributed by atoms with Crippen molar-refractivity contribution >= 4 is 5.91 Å². The van der Waals surface area contributed by atoms with Crippen LogP contribution >= 0.6 is 0 Å². The molecule has 0 aromatic heterocycles. The van der Waals surface area contributed by atoms with E-state index < -0.39 is 11.7 Å². The number of nitrogens with one attached hydrogen (secondary N) is 1. The summed E-state index contributed by atoms with van der Waals surface area (Å²) in [6, 6.07) is 8.35. The smallest absolute Gasteiger partial charge is 0.416 e. The lowest BCUT2D eigenvalue weighted by Crippen LogP contribution is -2.42. The monoisotopic (exact) mass is 447 g/mol. The Bertz CT molecular complexity index is 1060. The van der Waals surface area contributed by atoms with Gasteiger partial charge in [-0.2, -0.15) is 13.2 Å². The maximum Gasteiger partial charge on any atom is 0.416 e. The summed E-state index contributed by atoms with van der Waals surface area (Å²) in [4.78, 5) is 12.8. The van der Waals surface area contributed by atoms with Crippen LogP contribution in [0.3, 0.4) is 0 Å². The molecule has 2 aromatic carbocycles. The molecule has 170 valence electrons. The average Bonchev–Trinajstić information content (AvgIpc) is 3.10. The van der Waals surface area contributed by atoms with Crippen molar-refractivity contribution in [2.24, 2.45) is 11.8 Å². The fourth-order valence-electron chi connectivity index (χ4n) is 5.58. The molecule has 2 aromatic rings. The number of rotatable bonds is 3. The van der Waals surface area contributed by atoms with Gasteiger partial charge in [-0.1, -0.05) is 19.1 Å². The van der Waals surface area contributed by atoms with E-state index in [-0.39, 0.29) is 35.0 Å². The van der Waals surface area contributed by atoms with Gasteiger partial charge in [-0.3, -0.25) is 4.79 Å². The van der Waals surface area contributed by atoms with Crippen LogP contribution in [-0.2, 0) is 22.8 Å². The minimum absolute atomic E-state index is 0.0243. The van der Waals surface area contributed by atoms with Crippen molar-refractivity contribution in [1.82, 2.24) is 5.32 Å². The molecule has 0 bridgehead atoms. The van der Waals surface area contributed by atoms with Crippen molar-refractivity contribution in [3.63, 3.8) is 0 Å². The number of hydrogen-bond acceptors (Lipinski definition) is 2. The van der Waals surface area contributed by atoms with Crippen LogP contribution in [0.2, 0.25) is 0 Å². The van der Waals surface area contributed by atoms with Gasteiger partial charge in [-0.15, -0.1) is 0 Å². The van der Waals surface area contributed by atoms with Crippen LogP contribution in [0.15, 0.2) is 36.4 Å². The second-order valence-corrected chi connectivity index (χ2v) is 9.51. The summed E-state index contributed by atoms with van der Waals surface area (Å²) in [6.07, 6.45) is -0.476. The van der Waals surface area contributed by atoms with Crippen molar-refractivity contribution in [3.8, 4) is 5.75 Å². The molecule has 0 radical (unpaired) electrons. The largest absolute Gasteiger partial charge is 0.492 e. The Morgan fingerprint density at radius 3 is 2.62 bits per heavy atom. The number of hydrogen-bond donors (Lipinski definition) is 1. The lowest BCUT2D eigenvalue weighted by molar-refractivity contribution is -0.137. The zero-order valence-electron chi connectivity index (χ0n) is 17.8. The molecule has 0 saturated heterocycles. The zero-order chi connectivity index (χ0) is 22.7. The minimum atomic E-state index is -4.39. The summed E-state index contributed by atoms with van der Waals surface area (Å²) in [6.45, 7) is 2.32. The van der Waals surface area contributed by atoms with E-state index in [9.17, 15) is 22.4 Å². The van der Waals surface area contributed by atoms with Crippen LogP contribution in [0, 0.1) is 17.7 Å². The number of amides is 1. The maximum atomic E-state index is 13.5. The highest BCUT2D eigenvalue weighted by molar-refractivity contribution is 5.79. The van der Waals surface area contributed by atoms with Crippen LogP contribution in [0.4, 0.5) is 17.6 Å². The number of ether oxygens (including phenoxy) is 1. The van der Waals surface area contributed by atoms with Crippen LogP contribution in [0.25, 0.3) is 0 Å². The molecule has 1 amide bonds. The quantitative estimate of drug-likeness (QED) is 0.612. The van der Waals surface area contributed by atoms with Crippen molar-refractivity contribution in [2.75, 3.05) is 6.61 Å². The summed E-state index contributed by atoms with van der Waals surface area (Å²) in [5.74, 6) is 0.0315. The first-order valence-corrected chi connectivity index (χ1v) is 11.1. The van der Waals surface area contributed by atoms with Gasteiger partial charge in [0.1, 0.15) is 11.6 Å². The Morgan fingerprint density at radius 2 is 1.91 bits per heavy atom. The molecule has 1 saturated carbocycles. The molecule has 5 rings (SSSR count). The van der Waals surface area contributed by atoms with Crippen LogP contribution in [0.5, 0.6) is 5.75 Å². The van der Waals surface area contributed by atoms with E-state index in [0.717, 1.165) is 60.9 Å². The molecular weight excluding hydrogens is 422 g/mol. The van der Waals surface area contributed by atoms with Gasteiger partial charge in [-0.25, -0.2) is 4.39 Å². The minimum Gasteiger partial charge on any atom is -0.492 e. The Hall–Kier alpha value is -2.57. The van der Waals surface area contributed by atoms with Gasteiger partial charge in [0.25, 0.3) is 0 Å². The molecule has 2 aliphatic carbocycles. The Labute approximate surface area is 184 Å². The lowest BCUT2D eigenvalue weighted by Gasteiger charge is -2.39. The van der Waals surface area contributed by atoms with Gasteiger partial charge in [0, 0.05) is 16.9 Å². The SMILES string of the molecule is C[C@H](C(=O)NC1Cc2ccc(F)cc21)[C@H]1CC[C@]2(CC1)COc1cc(C(F)(F)F)ccc12. The Kier molecular flexibility index (Phi) is 4.98. The number of halogens is 4. The van der Waals surface area contributed by atoms with Crippen molar-refractivity contribution < 1.29 is 27.1 Å². The van der Waals surface area contributed by atoms with E-state index >= 15 is 0 Å². The predicted octanol–water partition coefficient (Wildman–Crippen LogP) is 5.71. The summed E-state index contributed by atoms with van der Waals surface area (Å²) in [5.41, 5.74) is 1.82. The van der Waals surface area contributed by atoms with E-state index in [1.807, 2.05) is 6.92 Å². The molecule has 1 aliphatic heterocycles. The fourth-order valence-corrected chi connectivity index (χ4v) is 5.58. The van der Waals surface area contributed by atoms with E-state index in [1.165, 1.54) is 12.1 Å². The normalized spacial score (nSPS) is 27.2. The third kappa shape index (κ3) is 3.55. The van der Waals surface area contributed by atoms with Gasteiger partial charge in [-0.05, 0) is 73.4 Å². The lowest BCUT2D eigenvalue weighted by atomic mass is 9.65. The molecule has 1 unspecified atom stereocenters. The summed E-state index contributed by atoms with van der Waals surface area (Å²) in [7, 11) is 0. The predicted molar refractivity (Wildman–Crippen MR) is 111 cm³/mol. The maximum absolute atomic E-state index is 13.5. The average molecular weight is 447 g/mol. The molecule has 1 spiro atoms. The number of alkyl halides is 3. The molecule has 7 heteroatoms. The summed E-state index contributed by atoms with van der Waals surface area (Å²) < 4.78 is 58.2. The van der Waals surface area contributed by atoms with E-state index in [4.69, 9.17) is 4.74 Å². The van der Waals surface area contributed by atoms with Crippen molar-refractivity contribution in [3.05, 3.63) is 64.5 Å². The van der Waals surface area contributed by atoms with Crippen molar-refractivity contribution in [2.45, 2.75) is 56.7 Å². The fraction of sp³-hybridized carbons (Fsp3) is 0.480. The number of fused-ring (bicyclic) bond motifs is 3. The zero-order valence-corrected chi connectivity index (χ0v) is 17.8. The van der Waals surface area contributed by atoms with Crippen LogP contribution in [0.1, 0.15) is 60.9 Å². The van der Waals surface area contributed by atoms with Gasteiger partial charge < -0.3 is 10.1 Å². The molecule has 1 fully saturated rings. The van der Waals surface area contributed by atoms with Crippen molar-refractivity contribution in [1.29, 1.82) is 0 Å². The first kappa shape index (κ1) is 21.3. The number of carbonyl (C=O) groups excluding carboxylic acids is 1. The molecule has 32 heavy (non-hydrogen) atoms. The Morgan fingerprint density at radius 1 is 1.16 bits per heavy atom. The van der Waals surface area contributed by atoms with Crippen LogP contribution < -0.4 is 10.1 Å². The summed E-state index contributed by atoms with van der Waals surface area (Å²) in [5, 5.41) is 3.06. The standard InChI is InChI=1S/C25H25F4NO2/c1-14(23(31)30-21-10-16-2-4-18(26)12-19(16)21)15-6-8-24(9-7-15)13-32-22-11-17(25(27,28)29)3-5-20(22)24/h2-5,11-12,14-15,21H,6-10,13H2,1H3,(H,30,31)/t14-,15-,21?,24-/m0/s1. The van der Waals surface area contributed by atoms with Gasteiger partial charge in [0.2, 0.25) is 5.91 Å². The molecule has 3 aliphatic rings. The summed E-state index contributed by atoms with van der Waals surface area (Å²) >= 11 is 0. The number of carbonyl (C=O) groups is 1. The van der Waals surface area contributed by atoms with E-state index in [0.29, 0.717) is 12.4 Å². The first-order chi connectivity index (χ1) is 15.2. The molecule has 1 heterocycles.